The molecule has 0 amide bonds. The van der Waals surface area contributed by atoms with Gasteiger partial charge in [0, 0.05) is 6.54 Å². The molecule has 2 radical (unpaired) electrons. The summed E-state index contributed by atoms with van der Waals surface area (Å²) in [6.45, 7) is 1.92. The van der Waals surface area contributed by atoms with E-state index in [2.05, 4.69) is 11.4 Å². The van der Waals surface area contributed by atoms with Gasteiger partial charge in [-0.2, -0.15) is 0 Å². The highest BCUT2D eigenvalue weighted by Crippen LogP contribution is 2.16. The van der Waals surface area contributed by atoms with Crippen LogP contribution < -0.4 is 15.5 Å². The number of ether oxygens (including phenoxy) is 1. The molecule has 0 aromatic heterocycles. The Hall–Kier alpha value is -0.955. The summed E-state index contributed by atoms with van der Waals surface area (Å²) in [5.41, 5.74) is 3.35. The van der Waals surface area contributed by atoms with Crippen LogP contribution >= 0.6 is 0 Å². The van der Waals surface area contributed by atoms with Gasteiger partial charge in [-0.25, -0.2) is 0 Å². The molecule has 13 heavy (non-hydrogen) atoms. The Morgan fingerprint density at radius 2 is 2.31 bits per heavy atom. The first kappa shape index (κ1) is 8.63. The minimum atomic E-state index is 0.792. The molecule has 0 aliphatic carbocycles. The van der Waals surface area contributed by atoms with Crippen molar-refractivity contribution in [2.24, 2.45) is 0 Å². The Morgan fingerprint density at radius 3 is 3.08 bits per heavy atom. The molecule has 1 aliphatic rings. The summed E-state index contributed by atoms with van der Waals surface area (Å²) < 4.78 is 5.17. The number of benzene rings is 1. The molecule has 0 spiro atoms. The third kappa shape index (κ3) is 1.44. The van der Waals surface area contributed by atoms with Gasteiger partial charge in [-0.3, -0.25) is 0 Å². The Labute approximate surface area is 79.7 Å². The standard InChI is InChI=1S/C10H12BNO/c1-13-9-3-2-7-6-12-5-4-8(7)10(9)11/h2-3,12H,4-6H2,1H3. The smallest absolute Gasteiger partial charge is 0.119 e. The first-order valence-corrected chi connectivity index (χ1v) is 4.48. The third-order valence-corrected chi connectivity index (χ3v) is 2.50. The van der Waals surface area contributed by atoms with Crippen LogP contribution in [0.5, 0.6) is 5.75 Å². The highest BCUT2D eigenvalue weighted by molar-refractivity contribution is 6.35. The number of fused-ring (bicyclic) bond motifs is 1. The van der Waals surface area contributed by atoms with Gasteiger partial charge in [0.05, 0.1) is 7.11 Å². The van der Waals surface area contributed by atoms with Crippen LogP contribution in [-0.2, 0) is 13.0 Å². The van der Waals surface area contributed by atoms with Crippen LogP contribution in [0.3, 0.4) is 0 Å². The van der Waals surface area contributed by atoms with Gasteiger partial charge >= 0.3 is 0 Å². The molecule has 1 aromatic rings. The van der Waals surface area contributed by atoms with Crippen molar-refractivity contribution >= 4 is 13.3 Å². The maximum absolute atomic E-state index is 5.96. The largest absolute Gasteiger partial charge is 0.497 e. The van der Waals surface area contributed by atoms with Crippen molar-refractivity contribution in [3.8, 4) is 5.75 Å². The zero-order valence-corrected chi connectivity index (χ0v) is 7.76. The first-order valence-electron chi connectivity index (χ1n) is 4.48. The second-order valence-electron chi connectivity index (χ2n) is 3.25. The van der Waals surface area contributed by atoms with Gasteiger partial charge in [0.25, 0.3) is 0 Å². The monoisotopic (exact) mass is 173 g/mol. The molecule has 2 nitrogen and oxygen atoms in total. The van der Waals surface area contributed by atoms with E-state index in [1.807, 2.05) is 6.07 Å². The van der Waals surface area contributed by atoms with Crippen LogP contribution in [0.4, 0.5) is 0 Å². The quantitative estimate of drug-likeness (QED) is 0.609. The fourth-order valence-electron chi connectivity index (χ4n) is 1.76. The number of rotatable bonds is 1. The number of hydrogen-bond donors (Lipinski definition) is 1. The lowest BCUT2D eigenvalue weighted by Gasteiger charge is -2.20. The lowest BCUT2D eigenvalue weighted by Crippen LogP contribution is -2.29. The van der Waals surface area contributed by atoms with Crippen molar-refractivity contribution in [2.45, 2.75) is 13.0 Å². The Bertz CT molecular complexity index is 325. The summed E-state index contributed by atoms with van der Waals surface area (Å²) in [6.07, 6.45) is 0.998. The lowest BCUT2D eigenvalue weighted by molar-refractivity contribution is 0.417. The molecule has 1 heterocycles. The molecule has 0 unspecified atom stereocenters. The van der Waals surface area contributed by atoms with E-state index in [9.17, 15) is 0 Å². The van der Waals surface area contributed by atoms with Gasteiger partial charge in [-0.15, -0.1) is 0 Å². The second kappa shape index (κ2) is 3.42. The van der Waals surface area contributed by atoms with Gasteiger partial charge < -0.3 is 10.1 Å². The summed E-state index contributed by atoms with van der Waals surface area (Å²) in [6, 6.07) is 4.01. The van der Waals surface area contributed by atoms with Crippen molar-refractivity contribution in [3.63, 3.8) is 0 Å². The molecule has 0 saturated heterocycles. The number of nitrogens with one attached hydrogen (secondary N) is 1. The molecule has 66 valence electrons. The maximum atomic E-state index is 5.96. The summed E-state index contributed by atoms with van der Waals surface area (Å²) in [4.78, 5) is 0. The van der Waals surface area contributed by atoms with Gasteiger partial charge in [0.2, 0.25) is 0 Å². The molecule has 1 N–H and O–H groups in total. The van der Waals surface area contributed by atoms with E-state index >= 15 is 0 Å². The molecule has 0 saturated carbocycles. The van der Waals surface area contributed by atoms with Crippen LogP contribution in [0.1, 0.15) is 11.1 Å². The summed E-state index contributed by atoms with van der Waals surface area (Å²) in [5.74, 6) is 0.792. The molecule has 1 aromatic carbocycles. The normalized spacial score (nSPS) is 15.2. The average Bonchev–Trinajstić information content (AvgIpc) is 2.19. The van der Waals surface area contributed by atoms with Gasteiger partial charge in [0.1, 0.15) is 13.6 Å². The van der Waals surface area contributed by atoms with Crippen molar-refractivity contribution < 1.29 is 4.74 Å². The lowest BCUT2D eigenvalue weighted by atomic mass is 9.84. The molecular formula is C10H12BNO. The molecule has 0 bridgehead atoms. The van der Waals surface area contributed by atoms with E-state index < -0.39 is 0 Å². The molecule has 0 fully saturated rings. The van der Waals surface area contributed by atoms with Crippen molar-refractivity contribution in [3.05, 3.63) is 23.3 Å². The minimum absolute atomic E-state index is 0.792. The van der Waals surface area contributed by atoms with Crippen molar-refractivity contribution in [2.75, 3.05) is 13.7 Å². The maximum Gasteiger partial charge on any atom is 0.119 e. The van der Waals surface area contributed by atoms with Crippen LogP contribution in [0.15, 0.2) is 12.1 Å². The Balaban J connectivity index is 2.48. The highest BCUT2D eigenvalue weighted by Gasteiger charge is 2.12. The third-order valence-electron chi connectivity index (χ3n) is 2.50. The van der Waals surface area contributed by atoms with E-state index in [4.69, 9.17) is 12.6 Å². The first-order chi connectivity index (χ1) is 6.33. The van der Waals surface area contributed by atoms with Crippen LogP contribution in [-0.4, -0.2) is 21.5 Å². The summed E-state index contributed by atoms with van der Waals surface area (Å²) in [5, 5.41) is 3.31. The van der Waals surface area contributed by atoms with Gasteiger partial charge in [-0.05, 0) is 30.2 Å². The van der Waals surface area contributed by atoms with E-state index in [-0.39, 0.29) is 0 Å². The molecule has 1 aliphatic heterocycles. The number of hydrogen-bond acceptors (Lipinski definition) is 2. The fourth-order valence-corrected chi connectivity index (χ4v) is 1.76. The van der Waals surface area contributed by atoms with Crippen LogP contribution in [0.2, 0.25) is 0 Å². The predicted molar refractivity (Wildman–Crippen MR) is 53.8 cm³/mol. The Kier molecular flexibility index (Phi) is 2.27. The van der Waals surface area contributed by atoms with Gasteiger partial charge in [0.15, 0.2) is 0 Å². The van der Waals surface area contributed by atoms with Crippen molar-refractivity contribution in [1.29, 1.82) is 0 Å². The zero-order valence-electron chi connectivity index (χ0n) is 7.76. The Morgan fingerprint density at radius 1 is 1.46 bits per heavy atom. The van der Waals surface area contributed by atoms with Crippen molar-refractivity contribution in [1.82, 2.24) is 5.32 Å². The second-order valence-corrected chi connectivity index (χ2v) is 3.25. The zero-order chi connectivity index (χ0) is 9.26. The molecule has 3 heteroatoms. The van der Waals surface area contributed by atoms with Gasteiger partial charge in [-0.1, -0.05) is 11.5 Å². The molecule has 2 rings (SSSR count). The van der Waals surface area contributed by atoms with E-state index in [1.54, 1.807) is 7.11 Å². The highest BCUT2D eigenvalue weighted by atomic mass is 16.5. The molecular weight excluding hydrogens is 161 g/mol. The molecule has 0 atom stereocenters. The van der Waals surface area contributed by atoms with Crippen LogP contribution in [0, 0.1) is 0 Å². The summed E-state index contributed by atoms with van der Waals surface area (Å²) >= 11 is 0. The number of methoxy groups -OCH3 is 1. The van der Waals surface area contributed by atoms with Crippen LogP contribution in [0.25, 0.3) is 0 Å². The van der Waals surface area contributed by atoms with E-state index in [0.29, 0.717) is 0 Å². The predicted octanol–water partition coefficient (Wildman–Crippen LogP) is 0.135. The fraction of sp³-hybridized carbons (Fsp3) is 0.400. The summed E-state index contributed by atoms with van der Waals surface area (Å²) in [7, 11) is 7.61. The average molecular weight is 173 g/mol. The SMILES string of the molecule is [B]c1c(OC)ccc2c1CCNC2. The minimum Gasteiger partial charge on any atom is -0.497 e. The topological polar surface area (TPSA) is 21.3 Å². The van der Waals surface area contributed by atoms with E-state index in [1.165, 1.54) is 11.1 Å². The van der Waals surface area contributed by atoms with E-state index in [0.717, 1.165) is 30.7 Å².